The quantitative estimate of drug-likeness (QED) is 0.529. The Balaban J connectivity index is 2.06. The highest BCUT2D eigenvalue weighted by Gasteiger charge is 2.24. The molecule has 0 aliphatic heterocycles. The van der Waals surface area contributed by atoms with E-state index < -0.39 is 0 Å². The zero-order valence-corrected chi connectivity index (χ0v) is 8.34. The SMILES string of the molecule is NCC1CCCC1NCCCCO. The summed E-state index contributed by atoms with van der Waals surface area (Å²) in [6.07, 6.45) is 5.87. The van der Waals surface area contributed by atoms with Crippen LogP contribution in [-0.2, 0) is 0 Å². The molecule has 0 heterocycles. The van der Waals surface area contributed by atoms with E-state index in [4.69, 9.17) is 10.8 Å². The first kappa shape index (κ1) is 11.0. The first-order valence-corrected chi connectivity index (χ1v) is 5.42. The highest BCUT2D eigenvalue weighted by atomic mass is 16.2. The number of nitrogens with two attached hydrogens (primary N) is 1. The van der Waals surface area contributed by atoms with Gasteiger partial charge in [0, 0.05) is 12.6 Å². The van der Waals surface area contributed by atoms with E-state index in [1.165, 1.54) is 19.3 Å². The number of unbranched alkanes of at least 4 members (excludes halogenated alkanes) is 1. The molecule has 1 saturated carbocycles. The van der Waals surface area contributed by atoms with Crippen LogP contribution in [0.15, 0.2) is 0 Å². The van der Waals surface area contributed by atoms with Gasteiger partial charge in [-0.3, -0.25) is 0 Å². The predicted molar refractivity (Wildman–Crippen MR) is 54.5 cm³/mol. The lowest BCUT2D eigenvalue weighted by atomic mass is 10.0. The van der Waals surface area contributed by atoms with Crippen LogP contribution < -0.4 is 11.1 Å². The third-order valence-electron chi connectivity index (χ3n) is 2.95. The van der Waals surface area contributed by atoms with Crippen molar-refractivity contribution in [3.05, 3.63) is 0 Å². The molecular weight excluding hydrogens is 164 g/mol. The molecule has 13 heavy (non-hydrogen) atoms. The van der Waals surface area contributed by atoms with E-state index in [1.54, 1.807) is 0 Å². The summed E-state index contributed by atoms with van der Waals surface area (Å²) in [6.45, 7) is 2.16. The number of nitrogens with one attached hydrogen (secondary N) is 1. The molecule has 1 rings (SSSR count). The molecule has 0 aromatic rings. The minimum atomic E-state index is 0.312. The summed E-state index contributed by atoms with van der Waals surface area (Å²) in [5.41, 5.74) is 5.67. The fraction of sp³-hybridized carbons (Fsp3) is 1.00. The highest BCUT2D eigenvalue weighted by molar-refractivity contribution is 4.83. The molecule has 78 valence electrons. The van der Waals surface area contributed by atoms with Crippen LogP contribution in [0.4, 0.5) is 0 Å². The summed E-state index contributed by atoms with van der Waals surface area (Å²) < 4.78 is 0. The topological polar surface area (TPSA) is 58.3 Å². The minimum absolute atomic E-state index is 0.312. The van der Waals surface area contributed by atoms with Crippen molar-refractivity contribution in [2.75, 3.05) is 19.7 Å². The summed E-state index contributed by atoms with van der Waals surface area (Å²) in [6, 6.07) is 0.642. The standard InChI is InChI=1S/C10H22N2O/c11-8-9-4-3-5-10(9)12-6-1-2-7-13/h9-10,12-13H,1-8,11H2. The Hall–Kier alpha value is -0.120. The zero-order valence-electron chi connectivity index (χ0n) is 8.34. The van der Waals surface area contributed by atoms with Crippen LogP contribution >= 0.6 is 0 Å². The van der Waals surface area contributed by atoms with E-state index in [1.807, 2.05) is 0 Å². The number of aliphatic hydroxyl groups is 1. The number of aliphatic hydroxyl groups excluding tert-OH is 1. The molecule has 4 N–H and O–H groups in total. The molecule has 0 spiro atoms. The first-order chi connectivity index (χ1) is 6.38. The van der Waals surface area contributed by atoms with Crippen LogP contribution in [0.5, 0.6) is 0 Å². The smallest absolute Gasteiger partial charge is 0.0431 e. The van der Waals surface area contributed by atoms with Gasteiger partial charge in [-0.1, -0.05) is 6.42 Å². The Morgan fingerprint density at radius 2 is 2.15 bits per heavy atom. The van der Waals surface area contributed by atoms with Crippen molar-refractivity contribution in [2.24, 2.45) is 11.7 Å². The summed E-state index contributed by atoms with van der Waals surface area (Å²) >= 11 is 0. The molecular formula is C10H22N2O. The summed E-state index contributed by atoms with van der Waals surface area (Å²) in [5.74, 6) is 0.689. The fourth-order valence-corrected chi connectivity index (χ4v) is 2.11. The van der Waals surface area contributed by atoms with E-state index in [0.29, 0.717) is 18.6 Å². The van der Waals surface area contributed by atoms with Gasteiger partial charge in [0.05, 0.1) is 0 Å². The van der Waals surface area contributed by atoms with E-state index in [9.17, 15) is 0 Å². The summed E-state index contributed by atoms with van der Waals surface area (Å²) in [4.78, 5) is 0. The number of hydrogen-bond acceptors (Lipinski definition) is 3. The third kappa shape index (κ3) is 3.63. The van der Waals surface area contributed by atoms with Crippen LogP contribution in [0.25, 0.3) is 0 Å². The Kier molecular flexibility index (Phi) is 5.35. The van der Waals surface area contributed by atoms with Crippen LogP contribution in [0.3, 0.4) is 0 Å². The average Bonchev–Trinajstić information content (AvgIpc) is 2.60. The van der Waals surface area contributed by atoms with Gasteiger partial charge < -0.3 is 16.2 Å². The molecule has 0 saturated heterocycles. The fourth-order valence-electron chi connectivity index (χ4n) is 2.11. The molecule has 0 radical (unpaired) electrons. The maximum absolute atomic E-state index is 8.61. The Bertz CT molecular complexity index is 130. The van der Waals surface area contributed by atoms with Crippen LogP contribution in [0.1, 0.15) is 32.1 Å². The lowest BCUT2D eigenvalue weighted by molar-refractivity contribution is 0.281. The van der Waals surface area contributed by atoms with Crippen molar-refractivity contribution in [3.8, 4) is 0 Å². The monoisotopic (exact) mass is 186 g/mol. The molecule has 1 aliphatic rings. The van der Waals surface area contributed by atoms with E-state index in [0.717, 1.165) is 25.9 Å². The van der Waals surface area contributed by atoms with Gasteiger partial charge in [-0.25, -0.2) is 0 Å². The Labute approximate surface area is 80.7 Å². The highest BCUT2D eigenvalue weighted by Crippen LogP contribution is 2.24. The zero-order chi connectivity index (χ0) is 9.52. The van der Waals surface area contributed by atoms with Crippen molar-refractivity contribution in [2.45, 2.75) is 38.1 Å². The average molecular weight is 186 g/mol. The maximum Gasteiger partial charge on any atom is 0.0431 e. The lowest BCUT2D eigenvalue weighted by Gasteiger charge is -2.19. The molecule has 3 nitrogen and oxygen atoms in total. The van der Waals surface area contributed by atoms with Gasteiger partial charge in [0.15, 0.2) is 0 Å². The third-order valence-corrected chi connectivity index (χ3v) is 2.95. The van der Waals surface area contributed by atoms with Crippen molar-refractivity contribution in [1.29, 1.82) is 0 Å². The molecule has 0 amide bonds. The second-order valence-electron chi connectivity index (χ2n) is 3.92. The molecule has 1 aliphatic carbocycles. The number of hydrogen-bond donors (Lipinski definition) is 3. The van der Waals surface area contributed by atoms with Crippen molar-refractivity contribution in [1.82, 2.24) is 5.32 Å². The predicted octanol–water partition coefficient (Wildman–Crippen LogP) is 0.476. The maximum atomic E-state index is 8.61. The summed E-state index contributed by atoms with van der Waals surface area (Å²) in [7, 11) is 0. The van der Waals surface area contributed by atoms with Gasteiger partial charge in [0.25, 0.3) is 0 Å². The molecule has 0 aromatic carbocycles. The van der Waals surface area contributed by atoms with Crippen molar-refractivity contribution in [3.63, 3.8) is 0 Å². The Morgan fingerprint density at radius 3 is 2.85 bits per heavy atom. The second-order valence-corrected chi connectivity index (χ2v) is 3.92. The molecule has 3 heteroatoms. The van der Waals surface area contributed by atoms with E-state index in [2.05, 4.69) is 5.32 Å². The molecule has 0 bridgehead atoms. The van der Waals surface area contributed by atoms with Crippen LogP contribution in [0, 0.1) is 5.92 Å². The molecule has 2 atom stereocenters. The van der Waals surface area contributed by atoms with Gasteiger partial charge in [-0.15, -0.1) is 0 Å². The van der Waals surface area contributed by atoms with E-state index >= 15 is 0 Å². The van der Waals surface area contributed by atoms with Gasteiger partial charge in [-0.2, -0.15) is 0 Å². The van der Waals surface area contributed by atoms with Crippen molar-refractivity contribution >= 4 is 0 Å². The number of rotatable bonds is 6. The van der Waals surface area contributed by atoms with E-state index in [-0.39, 0.29) is 0 Å². The van der Waals surface area contributed by atoms with Gasteiger partial charge in [0.1, 0.15) is 0 Å². The van der Waals surface area contributed by atoms with Crippen LogP contribution in [0.2, 0.25) is 0 Å². The first-order valence-electron chi connectivity index (χ1n) is 5.42. The molecule has 0 aromatic heterocycles. The van der Waals surface area contributed by atoms with Gasteiger partial charge in [-0.05, 0) is 44.7 Å². The minimum Gasteiger partial charge on any atom is -0.396 e. The van der Waals surface area contributed by atoms with Crippen molar-refractivity contribution < 1.29 is 5.11 Å². The second kappa shape index (κ2) is 6.35. The lowest BCUT2D eigenvalue weighted by Crippen LogP contribution is -2.36. The van der Waals surface area contributed by atoms with Gasteiger partial charge >= 0.3 is 0 Å². The molecule has 1 fully saturated rings. The van der Waals surface area contributed by atoms with Gasteiger partial charge in [0.2, 0.25) is 0 Å². The van der Waals surface area contributed by atoms with Crippen LogP contribution in [-0.4, -0.2) is 30.8 Å². The Morgan fingerprint density at radius 1 is 1.31 bits per heavy atom. The largest absolute Gasteiger partial charge is 0.396 e. The summed E-state index contributed by atoms with van der Waals surface area (Å²) in [5, 5.41) is 12.1. The molecule has 2 unspecified atom stereocenters. The normalized spacial score (nSPS) is 28.2.